The highest BCUT2D eigenvalue weighted by atomic mass is 19.1. The van der Waals surface area contributed by atoms with Gasteiger partial charge in [0.2, 0.25) is 0 Å². The second-order valence-electron chi connectivity index (χ2n) is 4.87. The average Bonchev–Trinajstić information content (AvgIpc) is 2.15. The molecule has 0 radical (unpaired) electrons. The van der Waals surface area contributed by atoms with Crippen molar-refractivity contribution in [3.05, 3.63) is 41.6 Å². The monoisotopic (exact) mass is 221 g/mol. The van der Waals surface area contributed by atoms with Crippen LogP contribution in [-0.2, 0) is 5.41 Å². The predicted octanol–water partition coefficient (Wildman–Crippen LogP) is 3.81. The minimum Gasteiger partial charge on any atom is -0.250 e. The maximum absolute atomic E-state index is 13.8. The third-order valence-electron chi connectivity index (χ3n) is 2.55. The molecule has 0 aliphatic heterocycles. The molecule has 2 aromatic rings. The van der Waals surface area contributed by atoms with E-state index in [0.717, 1.165) is 6.20 Å². The summed E-state index contributed by atoms with van der Waals surface area (Å²) in [6.07, 6.45) is 1.09. The molecule has 2 rings (SSSR count). The molecule has 0 aliphatic carbocycles. The molecule has 0 saturated heterocycles. The Balaban J connectivity index is 2.91. The fraction of sp³-hybridized carbons (Fsp3) is 0.308. The van der Waals surface area contributed by atoms with E-state index in [2.05, 4.69) is 4.98 Å². The highest BCUT2D eigenvalue weighted by Crippen LogP contribution is 2.31. The number of benzene rings is 1. The lowest BCUT2D eigenvalue weighted by Gasteiger charge is -2.21. The molecule has 0 amide bonds. The Labute approximate surface area is 93.1 Å². The van der Waals surface area contributed by atoms with Gasteiger partial charge in [-0.3, -0.25) is 4.98 Å². The van der Waals surface area contributed by atoms with E-state index >= 15 is 0 Å². The summed E-state index contributed by atoms with van der Waals surface area (Å²) in [5.41, 5.74) is 0.366. The Kier molecular flexibility index (Phi) is 2.41. The van der Waals surface area contributed by atoms with Crippen LogP contribution in [0.3, 0.4) is 0 Å². The van der Waals surface area contributed by atoms with E-state index in [9.17, 15) is 8.78 Å². The Morgan fingerprint density at radius 1 is 1.06 bits per heavy atom. The van der Waals surface area contributed by atoms with Gasteiger partial charge in [0.25, 0.3) is 0 Å². The summed E-state index contributed by atoms with van der Waals surface area (Å²) in [4.78, 5) is 3.80. The van der Waals surface area contributed by atoms with E-state index in [-0.39, 0.29) is 16.7 Å². The van der Waals surface area contributed by atoms with Gasteiger partial charge in [0.15, 0.2) is 0 Å². The number of hydrogen-bond donors (Lipinski definition) is 0. The standard InChI is InChI=1S/C13H13F2N/c1-13(2,3)11-8-5-4-6-9(14)12(8)16-7-10(11)15/h4-7H,1-3H3. The molecule has 0 spiro atoms. The predicted molar refractivity (Wildman–Crippen MR) is 60.4 cm³/mol. The molecule has 84 valence electrons. The van der Waals surface area contributed by atoms with Crippen molar-refractivity contribution in [3.63, 3.8) is 0 Å². The molecular formula is C13H13F2N. The first kappa shape index (κ1) is 11.0. The van der Waals surface area contributed by atoms with Gasteiger partial charge in [0.05, 0.1) is 6.20 Å². The van der Waals surface area contributed by atoms with Crippen LogP contribution >= 0.6 is 0 Å². The van der Waals surface area contributed by atoms with Crippen LogP contribution in [0.15, 0.2) is 24.4 Å². The van der Waals surface area contributed by atoms with E-state index in [1.165, 1.54) is 6.07 Å². The van der Waals surface area contributed by atoms with Gasteiger partial charge in [0, 0.05) is 10.9 Å². The fourth-order valence-corrected chi connectivity index (χ4v) is 1.92. The number of fused-ring (bicyclic) bond motifs is 1. The molecule has 0 atom stereocenters. The van der Waals surface area contributed by atoms with Crippen molar-refractivity contribution >= 4 is 10.9 Å². The molecule has 0 unspecified atom stereocenters. The third kappa shape index (κ3) is 1.66. The summed E-state index contributed by atoms with van der Waals surface area (Å²) in [7, 11) is 0. The van der Waals surface area contributed by atoms with Crippen LogP contribution in [0.2, 0.25) is 0 Å². The largest absolute Gasteiger partial charge is 0.250 e. The summed E-state index contributed by atoms with van der Waals surface area (Å²) in [6, 6.07) is 4.61. The zero-order chi connectivity index (χ0) is 11.9. The van der Waals surface area contributed by atoms with Gasteiger partial charge in [-0.1, -0.05) is 32.9 Å². The summed E-state index contributed by atoms with van der Waals surface area (Å²) >= 11 is 0. The van der Waals surface area contributed by atoms with Crippen LogP contribution in [-0.4, -0.2) is 4.98 Å². The topological polar surface area (TPSA) is 12.9 Å². The smallest absolute Gasteiger partial charge is 0.149 e. The van der Waals surface area contributed by atoms with Crippen LogP contribution in [0.5, 0.6) is 0 Å². The Bertz CT molecular complexity index is 541. The van der Waals surface area contributed by atoms with Crippen molar-refractivity contribution in [2.75, 3.05) is 0 Å². The fourth-order valence-electron chi connectivity index (χ4n) is 1.92. The first-order chi connectivity index (χ1) is 7.41. The molecular weight excluding hydrogens is 208 g/mol. The van der Waals surface area contributed by atoms with Gasteiger partial charge in [-0.2, -0.15) is 0 Å². The molecule has 0 bridgehead atoms. The van der Waals surface area contributed by atoms with Crippen LogP contribution in [0.25, 0.3) is 10.9 Å². The maximum Gasteiger partial charge on any atom is 0.149 e. The molecule has 0 N–H and O–H groups in total. The van der Waals surface area contributed by atoms with Gasteiger partial charge in [-0.05, 0) is 11.5 Å². The lowest BCUT2D eigenvalue weighted by Crippen LogP contribution is -2.15. The summed E-state index contributed by atoms with van der Waals surface area (Å²) in [6.45, 7) is 5.70. The van der Waals surface area contributed by atoms with Crippen LogP contribution in [0.4, 0.5) is 8.78 Å². The van der Waals surface area contributed by atoms with Crippen molar-refractivity contribution in [1.29, 1.82) is 0 Å². The molecule has 0 saturated carbocycles. The van der Waals surface area contributed by atoms with Crippen LogP contribution in [0.1, 0.15) is 26.3 Å². The van der Waals surface area contributed by atoms with E-state index in [1.54, 1.807) is 12.1 Å². The van der Waals surface area contributed by atoms with Crippen LogP contribution in [0, 0.1) is 11.6 Å². The first-order valence-corrected chi connectivity index (χ1v) is 5.14. The summed E-state index contributed by atoms with van der Waals surface area (Å²) < 4.78 is 27.3. The molecule has 1 nitrogen and oxygen atoms in total. The van der Waals surface area contributed by atoms with E-state index in [4.69, 9.17) is 0 Å². The zero-order valence-electron chi connectivity index (χ0n) is 9.51. The minimum absolute atomic E-state index is 0.230. The lowest BCUT2D eigenvalue weighted by molar-refractivity contribution is 0.525. The van der Waals surface area contributed by atoms with Gasteiger partial charge < -0.3 is 0 Å². The molecule has 16 heavy (non-hydrogen) atoms. The van der Waals surface area contributed by atoms with Crippen molar-refractivity contribution in [2.45, 2.75) is 26.2 Å². The zero-order valence-corrected chi connectivity index (χ0v) is 9.51. The molecule has 1 heterocycles. The second kappa shape index (κ2) is 3.51. The van der Waals surface area contributed by atoms with Gasteiger partial charge in [0.1, 0.15) is 17.2 Å². The van der Waals surface area contributed by atoms with Crippen molar-refractivity contribution in [2.24, 2.45) is 0 Å². The lowest BCUT2D eigenvalue weighted by atomic mass is 9.84. The molecule has 3 heteroatoms. The Morgan fingerprint density at radius 3 is 2.38 bits per heavy atom. The number of halogens is 2. The molecule has 1 aromatic carbocycles. The van der Waals surface area contributed by atoms with Crippen LogP contribution < -0.4 is 0 Å². The first-order valence-electron chi connectivity index (χ1n) is 5.14. The maximum atomic E-state index is 13.8. The van der Waals surface area contributed by atoms with E-state index in [1.807, 2.05) is 20.8 Å². The Morgan fingerprint density at radius 2 is 1.75 bits per heavy atom. The Hall–Kier alpha value is -1.51. The van der Waals surface area contributed by atoms with E-state index < -0.39 is 5.82 Å². The molecule has 0 aliphatic rings. The SMILES string of the molecule is CC(C)(C)c1c(F)cnc2c(F)cccc12. The third-order valence-corrected chi connectivity index (χ3v) is 2.55. The molecule has 1 aromatic heterocycles. The summed E-state index contributed by atoms with van der Waals surface area (Å²) in [5.74, 6) is -0.798. The average molecular weight is 221 g/mol. The van der Waals surface area contributed by atoms with Gasteiger partial charge >= 0.3 is 0 Å². The van der Waals surface area contributed by atoms with E-state index in [0.29, 0.717) is 10.9 Å². The number of hydrogen-bond acceptors (Lipinski definition) is 1. The van der Waals surface area contributed by atoms with Crippen molar-refractivity contribution < 1.29 is 8.78 Å². The van der Waals surface area contributed by atoms with Gasteiger partial charge in [-0.25, -0.2) is 8.78 Å². The number of para-hydroxylation sites is 1. The quantitative estimate of drug-likeness (QED) is 0.659. The van der Waals surface area contributed by atoms with Crippen molar-refractivity contribution in [1.82, 2.24) is 4.98 Å². The summed E-state index contributed by atoms with van der Waals surface area (Å²) in [5, 5.41) is 0.549. The molecule has 0 fully saturated rings. The normalized spacial score (nSPS) is 12.1. The number of nitrogens with zero attached hydrogens (tertiary/aromatic N) is 1. The number of pyridine rings is 1. The highest BCUT2D eigenvalue weighted by Gasteiger charge is 2.22. The second-order valence-corrected chi connectivity index (χ2v) is 4.87. The highest BCUT2D eigenvalue weighted by molar-refractivity contribution is 5.83. The number of rotatable bonds is 0. The number of aromatic nitrogens is 1. The minimum atomic E-state index is -0.414. The van der Waals surface area contributed by atoms with Crippen molar-refractivity contribution in [3.8, 4) is 0 Å². The van der Waals surface area contributed by atoms with Gasteiger partial charge in [-0.15, -0.1) is 0 Å².